The van der Waals surface area contributed by atoms with Crippen molar-refractivity contribution in [2.75, 3.05) is 25.1 Å². The molecule has 0 radical (unpaired) electrons. The minimum Gasteiger partial charge on any atom is -0.381 e. The van der Waals surface area contributed by atoms with Gasteiger partial charge in [-0.05, 0) is 31.6 Å². The zero-order valence-corrected chi connectivity index (χ0v) is 11.2. The van der Waals surface area contributed by atoms with E-state index in [4.69, 9.17) is 4.74 Å². The Morgan fingerprint density at radius 3 is 3.22 bits per heavy atom. The Labute approximate surface area is 109 Å². The molecule has 1 N–H and O–H groups in total. The molecule has 0 bridgehead atoms. The van der Waals surface area contributed by atoms with E-state index < -0.39 is 0 Å². The lowest BCUT2D eigenvalue weighted by molar-refractivity contribution is 0.0530. The third-order valence-electron chi connectivity index (χ3n) is 3.41. The molecule has 1 atom stereocenters. The van der Waals surface area contributed by atoms with Gasteiger partial charge in [-0.15, -0.1) is 0 Å². The van der Waals surface area contributed by atoms with E-state index in [-0.39, 0.29) is 0 Å². The van der Waals surface area contributed by atoms with Gasteiger partial charge in [-0.3, -0.25) is 0 Å². The molecule has 1 fully saturated rings. The van der Waals surface area contributed by atoms with Gasteiger partial charge in [0, 0.05) is 31.5 Å². The predicted octanol–water partition coefficient (Wildman–Crippen LogP) is 2.66. The Morgan fingerprint density at radius 2 is 2.44 bits per heavy atom. The lowest BCUT2D eigenvalue weighted by Crippen LogP contribution is -2.20. The second-order valence-electron chi connectivity index (χ2n) is 4.95. The summed E-state index contributed by atoms with van der Waals surface area (Å²) < 4.78 is 5.49. The molecular weight excluding hydrogens is 226 g/mol. The zero-order chi connectivity index (χ0) is 12.6. The van der Waals surface area contributed by atoms with Crippen LogP contribution in [-0.4, -0.2) is 29.7 Å². The van der Waals surface area contributed by atoms with Gasteiger partial charge >= 0.3 is 0 Å². The highest BCUT2D eigenvalue weighted by molar-refractivity contribution is 5.42. The van der Waals surface area contributed by atoms with Gasteiger partial charge in [-0.1, -0.05) is 13.3 Å². The molecule has 4 nitrogen and oxygen atoms in total. The quantitative estimate of drug-likeness (QED) is 0.842. The van der Waals surface area contributed by atoms with Gasteiger partial charge in [0.1, 0.15) is 12.1 Å². The minimum absolute atomic E-state index is 0.711. The Hall–Kier alpha value is -1.16. The van der Waals surface area contributed by atoms with Crippen molar-refractivity contribution < 1.29 is 4.74 Å². The Balaban J connectivity index is 1.78. The fraction of sp³-hybridized carbons (Fsp3) is 0.714. The minimum atomic E-state index is 0.711. The van der Waals surface area contributed by atoms with Crippen LogP contribution in [0, 0.1) is 5.92 Å². The lowest BCUT2D eigenvalue weighted by atomic mass is 9.99. The highest BCUT2D eigenvalue weighted by atomic mass is 16.5. The van der Waals surface area contributed by atoms with Gasteiger partial charge in [-0.2, -0.15) is 0 Å². The smallest absolute Gasteiger partial charge is 0.132 e. The highest BCUT2D eigenvalue weighted by Gasteiger charge is 2.13. The summed E-state index contributed by atoms with van der Waals surface area (Å²) in [6, 6.07) is 0. The summed E-state index contributed by atoms with van der Waals surface area (Å²) in [5, 5.41) is 3.44. The molecule has 2 heterocycles. The van der Waals surface area contributed by atoms with Crippen molar-refractivity contribution in [3.05, 3.63) is 18.1 Å². The van der Waals surface area contributed by atoms with Crippen LogP contribution in [0.4, 0.5) is 5.82 Å². The summed E-state index contributed by atoms with van der Waals surface area (Å²) in [6.07, 6.45) is 9.37. The molecule has 2 rings (SSSR count). The number of hydrogen-bond acceptors (Lipinski definition) is 4. The average Bonchev–Trinajstić information content (AvgIpc) is 2.42. The molecule has 1 unspecified atom stereocenters. The van der Waals surface area contributed by atoms with Crippen LogP contribution < -0.4 is 5.32 Å². The zero-order valence-electron chi connectivity index (χ0n) is 11.2. The maximum absolute atomic E-state index is 5.49. The second-order valence-corrected chi connectivity index (χ2v) is 4.95. The van der Waals surface area contributed by atoms with Crippen LogP contribution in [0.2, 0.25) is 0 Å². The summed E-state index contributed by atoms with van der Waals surface area (Å²) in [5.74, 6) is 1.71. The van der Waals surface area contributed by atoms with E-state index >= 15 is 0 Å². The van der Waals surface area contributed by atoms with Crippen LogP contribution >= 0.6 is 0 Å². The summed E-state index contributed by atoms with van der Waals surface area (Å²) in [5.41, 5.74) is 1.22. The average molecular weight is 249 g/mol. The molecular formula is C14H23N3O. The molecule has 0 spiro atoms. The number of nitrogens with zero attached hydrogens (tertiary/aromatic N) is 2. The molecule has 1 aliphatic heterocycles. The summed E-state index contributed by atoms with van der Waals surface area (Å²) >= 11 is 0. The number of nitrogens with one attached hydrogen (secondary N) is 1. The van der Waals surface area contributed by atoms with Gasteiger partial charge in [0.25, 0.3) is 0 Å². The van der Waals surface area contributed by atoms with Crippen molar-refractivity contribution in [3.63, 3.8) is 0 Å². The van der Waals surface area contributed by atoms with Crippen molar-refractivity contribution in [3.8, 4) is 0 Å². The van der Waals surface area contributed by atoms with Crippen LogP contribution in [-0.2, 0) is 11.2 Å². The van der Waals surface area contributed by atoms with Crippen molar-refractivity contribution in [2.45, 2.75) is 39.0 Å². The van der Waals surface area contributed by atoms with E-state index in [9.17, 15) is 0 Å². The molecule has 18 heavy (non-hydrogen) atoms. The van der Waals surface area contributed by atoms with Crippen molar-refractivity contribution >= 4 is 5.82 Å². The van der Waals surface area contributed by atoms with Crippen molar-refractivity contribution in [1.29, 1.82) is 0 Å². The molecule has 0 amide bonds. The number of aryl methyl sites for hydroxylation is 1. The molecule has 0 saturated carbocycles. The molecule has 1 aliphatic rings. The largest absolute Gasteiger partial charge is 0.381 e. The monoisotopic (exact) mass is 249 g/mol. The van der Waals surface area contributed by atoms with Gasteiger partial charge in [0.15, 0.2) is 0 Å². The first-order chi connectivity index (χ1) is 8.90. The molecule has 4 heteroatoms. The first-order valence-corrected chi connectivity index (χ1v) is 7.00. The number of hydrogen-bond donors (Lipinski definition) is 1. The Kier molecular flexibility index (Phi) is 5.39. The van der Waals surface area contributed by atoms with Gasteiger partial charge in [0.2, 0.25) is 0 Å². The van der Waals surface area contributed by atoms with E-state index in [1.165, 1.54) is 18.4 Å². The van der Waals surface area contributed by atoms with Crippen LogP contribution in [0.3, 0.4) is 0 Å². The fourth-order valence-electron chi connectivity index (χ4n) is 2.40. The molecule has 0 aliphatic carbocycles. The first kappa shape index (κ1) is 13.3. The first-order valence-electron chi connectivity index (χ1n) is 7.00. The summed E-state index contributed by atoms with van der Waals surface area (Å²) in [7, 11) is 0. The molecule has 1 saturated heterocycles. The van der Waals surface area contributed by atoms with E-state index in [0.29, 0.717) is 5.92 Å². The third-order valence-corrected chi connectivity index (χ3v) is 3.41. The molecule has 1 aromatic heterocycles. The second kappa shape index (κ2) is 7.31. The SMILES string of the molecule is CCCc1cncnc1NCCC1CCCOC1. The number of aromatic nitrogens is 2. The summed E-state index contributed by atoms with van der Waals surface area (Å²) in [4.78, 5) is 8.42. The fourth-order valence-corrected chi connectivity index (χ4v) is 2.40. The van der Waals surface area contributed by atoms with Gasteiger partial charge in [0.05, 0.1) is 0 Å². The third kappa shape index (κ3) is 3.95. The van der Waals surface area contributed by atoms with Gasteiger partial charge < -0.3 is 10.1 Å². The molecule has 1 aromatic rings. The maximum Gasteiger partial charge on any atom is 0.132 e. The Bertz CT molecular complexity index is 351. The van der Waals surface area contributed by atoms with Crippen LogP contribution in [0.1, 0.15) is 38.2 Å². The van der Waals surface area contributed by atoms with Crippen LogP contribution in [0.15, 0.2) is 12.5 Å². The highest BCUT2D eigenvalue weighted by Crippen LogP contribution is 2.18. The predicted molar refractivity (Wildman–Crippen MR) is 72.7 cm³/mol. The van der Waals surface area contributed by atoms with Crippen molar-refractivity contribution in [1.82, 2.24) is 9.97 Å². The van der Waals surface area contributed by atoms with Gasteiger partial charge in [-0.25, -0.2) is 9.97 Å². The topological polar surface area (TPSA) is 47.0 Å². The van der Waals surface area contributed by atoms with E-state index in [2.05, 4.69) is 22.2 Å². The number of ether oxygens (including phenoxy) is 1. The number of anilines is 1. The van der Waals surface area contributed by atoms with E-state index in [1.54, 1.807) is 6.33 Å². The normalized spacial score (nSPS) is 19.7. The van der Waals surface area contributed by atoms with Crippen molar-refractivity contribution in [2.24, 2.45) is 5.92 Å². The van der Waals surface area contributed by atoms with E-state index in [1.807, 2.05) is 6.20 Å². The van der Waals surface area contributed by atoms with E-state index in [0.717, 1.165) is 44.8 Å². The maximum atomic E-state index is 5.49. The molecule has 0 aromatic carbocycles. The molecule has 100 valence electrons. The summed E-state index contributed by atoms with van der Waals surface area (Å²) in [6.45, 7) is 5.02. The number of rotatable bonds is 6. The lowest BCUT2D eigenvalue weighted by Gasteiger charge is -2.22. The Morgan fingerprint density at radius 1 is 1.50 bits per heavy atom. The standard InChI is InChI=1S/C14H23N3O/c1-2-4-13-9-15-11-17-14(13)16-7-6-12-5-3-8-18-10-12/h9,11-12H,2-8,10H2,1H3,(H,15,16,17). The van der Waals surface area contributed by atoms with Crippen LogP contribution in [0.5, 0.6) is 0 Å². The van der Waals surface area contributed by atoms with Crippen LogP contribution in [0.25, 0.3) is 0 Å².